The van der Waals surface area contributed by atoms with Crippen molar-refractivity contribution >= 4 is 29.9 Å². The Kier molecular flexibility index (Phi) is 14.6. The summed E-state index contributed by atoms with van der Waals surface area (Å²) in [6, 6.07) is 3.87. The van der Waals surface area contributed by atoms with Crippen LogP contribution in [0.1, 0.15) is 19.1 Å². The average molecular weight is 425 g/mol. The summed E-state index contributed by atoms with van der Waals surface area (Å²) in [6.45, 7) is 6.40. The summed E-state index contributed by atoms with van der Waals surface area (Å²) in [7, 11) is 1.69. The highest BCUT2D eigenvalue weighted by molar-refractivity contribution is 14.0. The Morgan fingerprint density at radius 3 is 2.77 bits per heavy atom. The predicted octanol–water partition coefficient (Wildman–Crippen LogP) is 2.05. The molecule has 1 aromatic heterocycles. The van der Waals surface area contributed by atoms with Crippen molar-refractivity contribution in [2.75, 3.05) is 46.6 Å². The van der Waals surface area contributed by atoms with Crippen LogP contribution in [0.4, 0.5) is 0 Å². The second-order valence-electron chi connectivity index (χ2n) is 4.46. The summed E-state index contributed by atoms with van der Waals surface area (Å²) >= 11 is 0. The molecule has 22 heavy (non-hydrogen) atoms. The van der Waals surface area contributed by atoms with Crippen LogP contribution in [0, 0.1) is 0 Å². The van der Waals surface area contributed by atoms with E-state index >= 15 is 0 Å². The van der Waals surface area contributed by atoms with Gasteiger partial charge in [-0.15, -0.1) is 24.0 Å². The molecule has 0 aliphatic carbocycles. The van der Waals surface area contributed by atoms with Gasteiger partial charge in [0.25, 0.3) is 0 Å². The monoisotopic (exact) mass is 425 g/mol. The molecule has 1 aromatic rings. The van der Waals surface area contributed by atoms with Crippen LogP contribution in [0.5, 0.6) is 0 Å². The van der Waals surface area contributed by atoms with Crippen molar-refractivity contribution in [3.63, 3.8) is 0 Å². The van der Waals surface area contributed by atoms with E-state index in [9.17, 15) is 0 Å². The van der Waals surface area contributed by atoms with Gasteiger partial charge in [-0.3, -0.25) is 4.99 Å². The Morgan fingerprint density at radius 1 is 1.27 bits per heavy atom. The van der Waals surface area contributed by atoms with Gasteiger partial charge >= 0.3 is 0 Å². The highest BCUT2D eigenvalue weighted by Crippen LogP contribution is 1.99. The molecule has 0 fully saturated rings. The number of hydrogen-bond acceptors (Lipinski definition) is 4. The smallest absolute Gasteiger partial charge is 0.191 e. The Labute approximate surface area is 150 Å². The van der Waals surface area contributed by atoms with Crippen molar-refractivity contribution in [1.29, 1.82) is 0 Å². The zero-order chi connectivity index (χ0) is 15.2. The third kappa shape index (κ3) is 10.9. The number of methoxy groups -OCH3 is 1. The molecule has 1 rings (SSSR count). The van der Waals surface area contributed by atoms with E-state index in [1.165, 1.54) is 0 Å². The molecule has 0 saturated carbocycles. The van der Waals surface area contributed by atoms with Crippen LogP contribution in [0.25, 0.3) is 0 Å². The Balaban J connectivity index is 0.00000441. The molecule has 0 bridgehead atoms. The highest BCUT2D eigenvalue weighted by Gasteiger charge is 2.00. The van der Waals surface area contributed by atoms with Gasteiger partial charge in [0.05, 0.1) is 12.9 Å². The van der Waals surface area contributed by atoms with E-state index in [4.69, 9.17) is 13.9 Å². The molecule has 0 atom stereocenters. The number of rotatable bonds is 11. The van der Waals surface area contributed by atoms with Crippen molar-refractivity contribution in [1.82, 2.24) is 10.6 Å². The summed E-state index contributed by atoms with van der Waals surface area (Å²) in [5, 5.41) is 6.52. The lowest BCUT2D eigenvalue weighted by Crippen LogP contribution is -2.40. The maximum Gasteiger partial charge on any atom is 0.191 e. The number of ether oxygens (including phenoxy) is 2. The highest BCUT2D eigenvalue weighted by atomic mass is 127. The summed E-state index contributed by atoms with van der Waals surface area (Å²) in [6.07, 6.45) is 3.44. The molecular weight excluding hydrogens is 397 g/mol. The fourth-order valence-corrected chi connectivity index (χ4v) is 1.71. The number of nitrogens with zero attached hydrogens (tertiary/aromatic N) is 1. The number of aliphatic imine (C=N–C) groups is 1. The van der Waals surface area contributed by atoms with Crippen LogP contribution < -0.4 is 10.6 Å². The third-order valence-electron chi connectivity index (χ3n) is 2.76. The summed E-state index contributed by atoms with van der Waals surface area (Å²) in [4.78, 5) is 4.51. The van der Waals surface area contributed by atoms with Crippen molar-refractivity contribution < 1.29 is 13.9 Å². The molecular formula is C15H28IN3O3. The minimum atomic E-state index is 0. The first-order valence-electron chi connectivity index (χ1n) is 7.48. The van der Waals surface area contributed by atoms with Crippen LogP contribution in [-0.4, -0.2) is 52.5 Å². The SMILES string of the molecule is CCOCCCN=C(NCCOC)NCCc1ccco1.I. The lowest BCUT2D eigenvalue weighted by atomic mass is 10.3. The minimum Gasteiger partial charge on any atom is -0.469 e. The Hall–Kier alpha value is -0.800. The first-order valence-corrected chi connectivity index (χ1v) is 7.48. The predicted molar refractivity (Wildman–Crippen MR) is 99.1 cm³/mol. The average Bonchev–Trinajstić information content (AvgIpc) is 3.00. The zero-order valence-electron chi connectivity index (χ0n) is 13.5. The lowest BCUT2D eigenvalue weighted by Gasteiger charge is -2.12. The molecule has 2 N–H and O–H groups in total. The molecule has 1 heterocycles. The fourth-order valence-electron chi connectivity index (χ4n) is 1.71. The summed E-state index contributed by atoms with van der Waals surface area (Å²) in [5.41, 5.74) is 0. The quantitative estimate of drug-likeness (QED) is 0.246. The first kappa shape index (κ1) is 21.2. The summed E-state index contributed by atoms with van der Waals surface area (Å²) < 4.78 is 15.6. The van der Waals surface area contributed by atoms with Crippen LogP contribution in [0.3, 0.4) is 0 Å². The fraction of sp³-hybridized carbons (Fsp3) is 0.667. The van der Waals surface area contributed by atoms with Gasteiger partial charge in [0.15, 0.2) is 5.96 Å². The zero-order valence-corrected chi connectivity index (χ0v) is 15.8. The van der Waals surface area contributed by atoms with Crippen LogP contribution >= 0.6 is 24.0 Å². The van der Waals surface area contributed by atoms with E-state index in [2.05, 4.69) is 15.6 Å². The van der Waals surface area contributed by atoms with E-state index in [1.54, 1.807) is 13.4 Å². The number of hydrogen-bond donors (Lipinski definition) is 2. The molecule has 128 valence electrons. The first-order chi connectivity index (χ1) is 10.4. The third-order valence-corrected chi connectivity index (χ3v) is 2.76. The molecule has 0 saturated heterocycles. The van der Waals surface area contributed by atoms with Gasteiger partial charge in [0.2, 0.25) is 0 Å². The van der Waals surface area contributed by atoms with E-state index in [1.807, 2.05) is 19.1 Å². The molecule has 0 aliphatic rings. The standard InChI is InChI=1S/C15H27N3O3.HI/c1-3-20-11-5-8-16-15(18-10-13-19-2)17-9-7-14-6-4-12-21-14;/h4,6,12H,3,5,7-11,13H2,1-2H3,(H2,16,17,18);1H. The van der Waals surface area contributed by atoms with Gasteiger partial charge < -0.3 is 24.5 Å². The molecule has 0 unspecified atom stereocenters. The maximum absolute atomic E-state index is 5.30. The minimum absolute atomic E-state index is 0. The number of furan rings is 1. The lowest BCUT2D eigenvalue weighted by molar-refractivity contribution is 0.146. The van der Waals surface area contributed by atoms with Gasteiger partial charge in [-0.2, -0.15) is 0 Å². The largest absolute Gasteiger partial charge is 0.469 e. The van der Waals surface area contributed by atoms with E-state index in [0.29, 0.717) is 6.61 Å². The Morgan fingerprint density at radius 2 is 2.09 bits per heavy atom. The molecule has 7 heteroatoms. The molecule has 6 nitrogen and oxygen atoms in total. The van der Waals surface area contributed by atoms with Gasteiger partial charge in [-0.25, -0.2) is 0 Å². The van der Waals surface area contributed by atoms with Gasteiger partial charge in [0.1, 0.15) is 5.76 Å². The second kappa shape index (κ2) is 15.1. The van der Waals surface area contributed by atoms with Crippen LogP contribution in [-0.2, 0) is 15.9 Å². The van der Waals surface area contributed by atoms with Crippen molar-refractivity contribution in [3.05, 3.63) is 24.2 Å². The van der Waals surface area contributed by atoms with Crippen LogP contribution in [0.2, 0.25) is 0 Å². The normalized spacial score (nSPS) is 11.1. The molecule has 0 aromatic carbocycles. The molecule has 0 radical (unpaired) electrons. The van der Waals surface area contributed by atoms with Crippen molar-refractivity contribution in [2.45, 2.75) is 19.8 Å². The topological polar surface area (TPSA) is 68.0 Å². The second-order valence-corrected chi connectivity index (χ2v) is 4.46. The molecule has 0 spiro atoms. The molecule has 0 aliphatic heterocycles. The molecule has 0 amide bonds. The van der Waals surface area contributed by atoms with E-state index in [-0.39, 0.29) is 24.0 Å². The van der Waals surface area contributed by atoms with Crippen molar-refractivity contribution in [2.24, 2.45) is 4.99 Å². The maximum atomic E-state index is 5.30. The van der Waals surface area contributed by atoms with E-state index < -0.39 is 0 Å². The van der Waals surface area contributed by atoms with Crippen molar-refractivity contribution in [3.8, 4) is 0 Å². The Bertz CT molecular complexity index is 372. The van der Waals surface area contributed by atoms with Crippen LogP contribution in [0.15, 0.2) is 27.8 Å². The number of nitrogens with one attached hydrogen (secondary N) is 2. The van der Waals surface area contributed by atoms with Gasteiger partial charge in [-0.05, 0) is 25.5 Å². The van der Waals surface area contributed by atoms with Gasteiger partial charge in [0, 0.05) is 46.4 Å². The number of guanidine groups is 1. The summed E-state index contributed by atoms with van der Waals surface area (Å²) in [5.74, 6) is 1.77. The van der Waals surface area contributed by atoms with Gasteiger partial charge in [-0.1, -0.05) is 0 Å². The van der Waals surface area contributed by atoms with E-state index in [0.717, 1.165) is 57.4 Å². The number of halogens is 1.